The van der Waals surface area contributed by atoms with Crippen molar-refractivity contribution in [2.45, 2.75) is 63.9 Å². The lowest BCUT2D eigenvalue weighted by molar-refractivity contribution is 0.0945. The zero-order valence-electron chi connectivity index (χ0n) is 18.3. The van der Waals surface area contributed by atoms with Crippen LogP contribution in [-0.2, 0) is 10.0 Å². The van der Waals surface area contributed by atoms with Gasteiger partial charge in [0.05, 0.1) is 7.11 Å². The van der Waals surface area contributed by atoms with E-state index < -0.39 is 10.0 Å². The largest absolute Gasteiger partial charge is 0.495 e. The van der Waals surface area contributed by atoms with E-state index in [1.807, 2.05) is 6.92 Å². The molecule has 0 saturated carbocycles. The van der Waals surface area contributed by atoms with Gasteiger partial charge in [0.2, 0.25) is 10.0 Å². The molecule has 1 aromatic rings. The summed E-state index contributed by atoms with van der Waals surface area (Å²) >= 11 is 0. The number of likely N-dealkylation sites (N-methyl/N-ethyl adjacent to an activating group) is 1. The van der Waals surface area contributed by atoms with Gasteiger partial charge in [-0.3, -0.25) is 9.69 Å². The molecule has 0 aliphatic carbocycles. The number of carbonyl (C=O) groups is 1. The summed E-state index contributed by atoms with van der Waals surface area (Å²) in [5, 5.41) is 2.89. The normalized spacial score (nSPS) is 18.2. The van der Waals surface area contributed by atoms with Gasteiger partial charge in [0.1, 0.15) is 10.6 Å². The van der Waals surface area contributed by atoms with E-state index in [0.717, 1.165) is 32.4 Å². The van der Waals surface area contributed by atoms with Crippen molar-refractivity contribution in [1.82, 2.24) is 14.5 Å². The molecule has 2 rings (SSSR count). The molecule has 0 radical (unpaired) electrons. The summed E-state index contributed by atoms with van der Waals surface area (Å²) in [4.78, 5) is 14.9. The van der Waals surface area contributed by atoms with E-state index in [0.29, 0.717) is 24.7 Å². The van der Waals surface area contributed by atoms with Crippen molar-refractivity contribution in [2.75, 3.05) is 33.3 Å². The summed E-state index contributed by atoms with van der Waals surface area (Å²) in [6.45, 7) is 10.9. The fraction of sp³-hybridized carbons (Fsp3) is 0.667. The number of methoxy groups -OCH3 is 1. The highest BCUT2D eigenvalue weighted by Crippen LogP contribution is 2.31. The van der Waals surface area contributed by atoms with Crippen molar-refractivity contribution in [1.29, 1.82) is 0 Å². The maximum atomic E-state index is 13.3. The molecule has 1 aliphatic heterocycles. The summed E-state index contributed by atoms with van der Waals surface area (Å²) in [7, 11) is -2.30. The SMILES string of the molecule is CCN(CCNC(=O)c1ccc(OC)c(S(=O)(=O)N2CCCCC2C)c1)C(C)C. The second-order valence-corrected chi connectivity index (χ2v) is 9.66. The number of amides is 1. The first-order valence-electron chi connectivity index (χ1n) is 10.4. The minimum atomic E-state index is -3.74. The standard InChI is InChI=1S/C21H35N3O4S/c1-6-23(16(2)3)14-12-22-21(25)18-10-11-19(28-5)20(15-18)29(26,27)24-13-8-7-9-17(24)4/h10-11,15-17H,6-9,12-14H2,1-5H3,(H,22,25). The van der Waals surface area contributed by atoms with E-state index in [4.69, 9.17) is 4.74 Å². The quantitative estimate of drug-likeness (QED) is 0.658. The first kappa shape index (κ1) is 23.6. The Morgan fingerprint density at radius 1 is 1.34 bits per heavy atom. The number of carbonyl (C=O) groups excluding carboxylic acids is 1. The van der Waals surface area contributed by atoms with Crippen LogP contribution in [0.2, 0.25) is 0 Å². The smallest absolute Gasteiger partial charge is 0.251 e. The predicted octanol–water partition coefficient (Wildman–Crippen LogP) is 2.72. The van der Waals surface area contributed by atoms with Gasteiger partial charge in [-0.15, -0.1) is 0 Å². The molecule has 1 saturated heterocycles. The minimum Gasteiger partial charge on any atom is -0.495 e. The van der Waals surface area contributed by atoms with Gasteiger partial charge < -0.3 is 10.1 Å². The molecule has 29 heavy (non-hydrogen) atoms. The fourth-order valence-electron chi connectivity index (χ4n) is 3.77. The first-order chi connectivity index (χ1) is 13.7. The molecule has 1 aliphatic rings. The average Bonchev–Trinajstić information content (AvgIpc) is 2.70. The van der Waals surface area contributed by atoms with Crippen molar-refractivity contribution in [2.24, 2.45) is 0 Å². The van der Waals surface area contributed by atoms with E-state index in [9.17, 15) is 13.2 Å². The molecule has 1 amide bonds. The van der Waals surface area contributed by atoms with Crippen LogP contribution in [0.1, 0.15) is 57.3 Å². The Hall–Kier alpha value is -1.64. The van der Waals surface area contributed by atoms with Gasteiger partial charge in [-0.2, -0.15) is 4.31 Å². The van der Waals surface area contributed by atoms with Gasteiger partial charge in [0, 0.05) is 37.3 Å². The number of sulfonamides is 1. The molecular weight excluding hydrogens is 390 g/mol. The molecule has 0 bridgehead atoms. The average molecular weight is 426 g/mol. The van der Waals surface area contributed by atoms with Crippen LogP contribution in [0.3, 0.4) is 0 Å². The highest BCUT2D eigenvalue weighted by Gasteiger charge is 2.33. The molecule has 7 nitrogen and oxygen atoms in total. The van der Waals surface area contributed by atoms with Crippen LogP contribution in [0.4, 0.5) is 0 Å². The summed E-state index contributed by atoms with van der Waals surface area (Å²) in [6, 6.07) is 4.94. The van der Waals surface area contributed by atoms with Crippen LogP contribution in [0.5, 0.6) is 5.75 Å². The Kier molecular flexibility index (Phi) is 8.48. The highest BCUT2D eigenvalue weighted by molar-refractivity contribution is 7.89. The van der Waals surface area contributed by atoms with Crippen LogP contribution in [0, 0.1) is 0 Å². The molecule has 1 N–H and O–H groups in total. The number of nitrogens with one attached hydrogen (secondary N) is 1. The molecule has 1 heterocycles. The van der Waals surface area contributed by atoms with E-state index in [1.165, 1.54) is 17.5 Å². The van der Waals surface area contributed by atoms with E-state index in [2.05, 4.69) is 31.0 Å². The molecule has 1 atom stereocenters. The topological polar surface area (TPSA) is 79.0 Å². The van der Waals surface area contributed by atoms with Crippen LogP contribution in [0.15, 0.2) is 23.1 Å². The Bertz CT molecular complexity index is 795. The Morgan fingerprint density at radius 3 is 2.66 bits per heavy atom. The number of rotatable bonds is 9. The lowest BCUT2D eigenvalue weighted by Crippen LogP contribution is -2.42. The number of piperidine rings is 1. The van der Waals surface area contributed by atoms with Crippen molar-refractivity contribution in [3.63, 3.8) is 0 Å². The molecule has 164 valence electrons. The fourth-order valence-corrected chi connectivity index (χ4v) is 5.65. The number of ether oxygens (including phenoxy) is 1. The van der Waals surface area contributed by atoms with Crippen molar-refractivity contribution in [3.05, 3.63) is 23.8 Å². The zero-order chi connectivity index (χ0) is 21.6. The second kappa shape index (κ2) is 10.4. The Morgan fingerprint density at radius 2 is 2.07 bits per heavy atom. The number of benzene rings is 1. The Balaban J connectivity index is 2.20. The third kappa shape index (κ3) is 5.71. The molecular formula is C21H35N3O4S. The number of hydrogen-bond acceptors (Lipinski definition) is 5. The summed E-state index contributed by atoms with van der Waals surface area (Å²) in [5.74, 6) is -0.0214. The third-order valence-corrected chi connectivity index (χ3v) is 7.61. The Labute approximate surface area is 175 Å². The lowest BCUT2D eigenvalue weighted by atomic mass is 10.1. The van der Waals surface area contributed by atoms with Gasteiger partial charge in [0.15, 0.2) is 0 Å². The number of nitrogens with zero attached hydrogens (tertiary/aromatic N) is 2. The van der Waals surface area contributed by atoms with Gasteiger partial charge in [-0.1, -0.05) is 13.3 Å². The molecule has 8 heteroatoms. The minimum absolute atomic E-state index is 0.0544. The summed E-state index contributed by atoms with van der Waals surface area (Å²) in [5.41, 5.74) is 0.321. The van der Waals surface area contributed by atoms with Crippen LogP contribution in [-0.4, -0.2) is 68.9 Å². The summed E-state index contributed by atoms with van der Waals surface area (Å²) in [6.07, 6.45) is 2.71. The molecule has 1 fully saturated rings. The second-order valence-electron chi connectivity index (χ2n) is 7.80. The van der Waals surface area contributed by atoms with Crippen molar-refractivity contribution < 1.29 is 17.9 Å². The van der Waals surface area contributed by atoms with Gasteiger partial charge >= 0.3 is 0 Å². The maximum absolute atomic E-state index is 13.3. The predicted molar refractivity (Wildman–Crippen MR) is 115 cm³/mol. The maximum Gasteiger partial charge on any atom is 0.251 e. The van der Waals surface area contributed by atoms with Gasteiger partial charge in [-0.25, -0.2) is 8.42 Å². The van der Waals surface area contributed by atoms with Crippen molar-refractivity contribution >= 4 is 15.9 Å². The number of hydrogen-bond donors (Lipinski definition) is 1. The van der Waals surface area contributed by atoms with Crippen molar-refractivity contribution in [3.8, 4) is 5.75 Å². The van der Waals surface area contributed by atoms with Crippen LogP contribution < -0.4 is 10.1 Å². The molecule has 1 unspecified atom stereocenters. The zero-order valence-corrected chi connectivity index (χ0v) is 19.1. The molecule has 0 aromatic heterocycles. The first-order valence-corrected chi connectivity index (χ1v) is 11.9. The monoisotopic (exact) mass is 425 g/mol. The summed E-state index contributed by atoms with van der Waals surface area (Å²) < 4.78 is 33.4. The van der Waals surface area contributed by atoms with Crippen LogP contribution in [0.25, 0.3) is 0 Å². The lowest BCUT2D eigenvalue weighted by Gasteiger charge is -2.32. The third-order valence-electron chi connectivity index (χ3n) is 5.58. The van der Waals surface area contributed by atoms with Gasteiger partial charge in [-0.05, 0) is 58.4 Å². The van der Waals surface area contributed by atoms with E-state index >= 15 is 0 Å². The van der Waals surface area contributed by atoms with Crippen LogP contribution >= 0.6 is 0 Å². The van der Waals surface area contributed by atoms with E-state index in [1.54, 1.807) is 12.1 Å². The molecule has 0 spiro atoms. The molecule has 1 aromatic carbocycles. The highest BCUT2D eigenvalue weighted by atomic mass is 32.2. The van der Waals surface area contributed by atoms with E-state index in [-0.39, 0.29) is 22.6 Å². The van der Waals surface area contributed by atoms with Gasteiger partial charge in [0.25, 0.3) is 5.91 Å².